The third-order valence-corrected chi connectivity index (χ3v) is 7.54. The van der Waals surface area contributed by atoms with Gasteiger partial charge in [-0.15, -0.1) is 16.4 Å². The van der Waals surface area contributed by atoms with E-state index in [0.29, 0.717) is 40.3 Å². The van der Waals surface area contributed by atoms with Gasteiger partial charge in [-0.25, -0.2) is 14.5 Å². The van der Waals surface area contributed by atoms with Crippen LogP contribution in [0.15, 0.2) is 34.2 Å². The van der Waals surface area contributed by atoms with Crippen molar-refractivity contribution in [2.45, 2.75) is 32.3 Å². The number of hydrogen-bond donors (Lipinski definition) is 0. The zero-order valence-corrected chi connectivity index (χ0v) is 19.9. The zero-order chi connectivity index (χ0) is 22.4. The summed E-state index contributed by atoms with van der Waals surface area (Å²) in [7, 11) is 3.22. The lowest BCUT2D eigenvalue weighted by molar-refractivity contribution is 0.303. The predicted octanol–water partition coefficient (Wildman–Crippen LogP) is 5.60. The maximum atomic E-state index is 6.17. The summed E-state index contributed by atoms with van der Waals surface area (Å²) in [5.74, 6) is 2.90. The molecule has 4 heterocycles. The first-order valence-electron chi connectivity index (χ1n) is 10.8. The van der Waals surface area contributed by atoms with E-state index in [4.69, 9.17) is 23.6 Å². The second-order valence-corrected chi connectivity index (χ2v) is 9.94. The SMILES string of the molecule is COc1cc(OCc2csc(CCC3CC3)n2)c2cc(-c3cn4nc(OC)sc4n3)oc2c1. The van der Waals surface area contributed by atoms with Gasteiger partial charge < -0.3 is 18.6 Å². The smallest absolute Gasteiger partial charge is 0.294 e. The van der Waals surface area contributed by atoms with E-state index in [0.717, 1.165) is 28.4 Å². The number of rotatable bonds is 9. The van der Waals surface area contributed by atoms with Gasteiger partial charge in [0.25, 0.3) is 5.19 Å². The van der Waals surface area contributed by atoms with Crippen molar-refractivity contribution in [3.8, 4) is 28.1 Å². The summed E-state index contributed by atoms with van der Waals surface area (Å²) >= 11 is 3.08. The van der Waals surface area contributed by atoms with Crippen LogP contribution in [-0.2, 0) is 13.0 Å². The standard InChI is InChI=1S/C23H22N4O4S2/c1-28-15-7-18(30-11-14-12-32-21(24-14)6-5-13-3-4-13)16-9-20(31-19(16)8-15)17-10-27-22(25-17)33-23(26-27)29-2/h7-10,12-13H,3-6,11H2,1-2H3. The number of aromatic nitrogens is 4. The summed E-state index contributed by atoms with van der Waals surface area (Å²) in [5, 5.41) is 9.02. The van der Waals surface area contributed by atoms with E-state index in [2.05, 4.69) is 15.5 Å². The van der Waals surface area contributed by atoms with E-state index in [1.165, 1.54) is 35.6 Å². The molecule has 0 amide bonds. The van der Waals surface area contributed by atoms with Gasteiger partial charge in [0, 0.05) is 17.5 Å². The molecule has 0 unspecified atom stereocenters. The van der Waals surface area contributed by atoms with Crippen molar-refractivity contribution in [1.82, 2.24) is 19.6 Å². The monoisotopic (exact) mass is 482 g/mol. The fraction of sp³-hybridized carbons (Fsp3) is 0.348. The molecule has 0 bridgehead atoms. The number of furan rings is 1. The fourth-order valence-corrected chi connectivity index (χ4v) is 5.24. The molecule has 1 saturated carbocycles. The first kappa shape index (κ1) is 20.5. The lowest BCUT2D eigenvalue weighted by Gasteiger charge is -2.07. The maximum absolute atomic E-state index is 6.17. The Morgan fingerprint density at radius 2 is 2.06 bits per heavy atom. The molecular weight excluding hydrogens is 460 g/mol. The molecule has 1 fully saturated rings. The Kier molecular flexibility index (Phi) is 5.18. The number of fused-ring (bicyclic) bond motifs is 2. The van der Waals surface area contributed by atoms with Crippen LogP contribution in [0.1, 0.15) is 30.0 Å². The van der Waals surface area contributed by atoms with Crippen molar-refractivity contribution in [3.05, 3.63) is 40.5 Å². The largest absolute Gasteiger partial charge is 0.496 e. The van der Waals surface area contributed by atoms with Gasteiger partial charge >= 0.3 is 0 Å². The lowest BCUT2D eigenvalue weighted by Crippen LogP contribution is -1.97. The number of methoxy groups -OCH3 is 2. The molecule has 8 nitrogen and oxygen atoms in total. The Morgan fingerprint density at radius 1 is 1.15 bits per heavy atom. The van der Waals surface area contributed by atoms with Gasteiger partial charge in [-0.05, 0) is 36.2 Å². The fourth-order valence-electron chi connectivity index (χ4n) is 3.75. The Labute approximate surface area is 197 Å². The van der Waals surface area contributed by atoms with Gasteiger partial charge in [-0.1, -0.05) is 12.8 Å². The van der Waals surface area contributed by atoms with E-state index >= 15 is 0 Å². The van der Waals surface area contributed by atoms with E-state index in [9.17, 15) is 0 Å². The minimum absolute atomic E-state index is 0.395. The highest BCUT2D eigenvalue weighted by molar-refractivity contribution is 7.18. The Hall–Kier alpha value is -3.11. The minimum atomic E-state index is 0.395. The highest BCUT2D eigenvalue weighted by atomic mass is 32.1. The molecule has 0 N–H and O–H groups in total. The van der Waals surface area contributed by atoms with Crippen LogP contribution in [0.2, 0.25) is 0 Å². The topological polar surface area (TPSA) is 83.9 Å². The van der Waals surface area contributed by atoms with Gasteiger partial charge in [0.1, 0.15) is 29.4 Å². The Balaban J connectivity index is 1.25. The van der Waals surface area contributed by atoms with Crippen LogP contribution in [-0.4, -0.2) is 33.8 Å². The van der Waals surface area contributed by atoms with E-state index in [1.807, 2.05) is 24.4 Å². The van der Waals surface area contributed by atoms with Crippen molar-refractivity contribution in [3.63, 3.8) is 0 Å². The van der Waals surface area contributed by atoms with E-state index < -0.39 is 0 Å². The summed E-state index contributed by atoms with van der Waals surface area (Å²) < 4.78 is 24.6. The number of thiazole rings is 1. The number of benzene rings is 1. The average Bonchev–Trinajstić information content (AvgIpc) is 3.16. The second-order valence-electron chi connectivity index (χ2n) is 8.08. The lowest BCUT2D eigenvalue weighted by atomic mass is 10.2. The van der Waals surface area contributed by atoms with Gasteiger partial charge in [0.15, 0.2) is 5.76 Å². The average molecular weight is 483 g/mol. The molecule has 10 heteroatoms. The maximum Gasteiger partial charge on any atom is 0.294 e. The van der Waals surface area contributed by atoms with Crippen LogP contribution in [0.4, 0.5) is 0 Å². The second kappa shape index (κ2) is 8.35. The highest BCUT2D eigenvalue weighted by Gasteiger charge is 2.21. The van der Waals surface area contributed by atoms with Gasteiger partial charge in [0.05, 0.1) is 36.5 Å². The third kappa shape index (κ3) is 4.16. The first-order chi connectivity index (χ1) is 16.2. The summed E-state index contributed by atoms with van der Waals surface area (Å²) in [5.41, 5.74) is 2.31. The number of hydrogen-bond acceptors (Lipinski definition) is 9. The van der Waals surface area contributed by atoms with Crippen molar-refractivity contribution >= 4 is 38.6 Å². The molecule has 6 rings (SSSR count). The molecular formula is C23H22N4O4S2. The Bertz CT molecular complexity index is 1400. The van der Waals surface area contributed by atoms with Crippen molar-refractivity contribution in [1.29, 1.82) is 0 Å². The van der Waals surface area contributed by atoms with Gasteiger partial charge in [-0.3, -0.25) is 0 Å². The van der Waals surface area contributed by atoms with Crippen LogP contribution < -0.4 is 14.2 Å². The predicted molar refractivity (Wildman–Crippen MR) is 127 cm³/mol. The van der Waals surface area contributed by atoms with Gasteiger partial charge in [0.2, 0.25) is 4.96 Å². The van der Waals surface area contributed by atoms with Crippen LogP contribution in [0.3, 0.4) is 0 Å². The molecule has 5 aromatic rings. The number of imidazole rings is 1. The van der Waals surface area contributed by atoms with Gasteiger partial charge in [-0.2, -0.15) is 0 Å². The molecule has 0 spiro atoms. The highest BCUT2D eigenvalue weighted by Crippen LogP contribution is 2.38. The summed E-state index contributed by atoms with van der Waals surface area (Å²) in [6.45, 7) is 0.395. The number of nitrogens with zero attached hydrogens (tertiary/aromatic N) is 4. The molecule has 4 aromatic heterocycles. The normalized spacial score (nSPS) is 13.8. The van der Waals surface area contributed by atoms with Crippen molar-refractivity contribution in [2.24, 2.45) is 5.92 Å². The number of aryl methyl sites for hydroxylation is 1. The molecule has 0 radical (unpaired) electrons. The summed E-state index contributed by atoms with van der Waals surface area (Å²) in [6, 6.07) is 5.67. The Morgan fingerprint density at radius 3 is 2.85 bits per heavy atom. The molecule has 170 valence electrons. The molecule has 1 aromatic carbocycles. The van der Waals surface area contributed by atoms with Crippen molar-refractivity contribution < 1.29 is 18.6 Å². The minimum Gasteiger partial charge on any atom is -0.496 e. The number of ether oxygens (including phenoxy) is 3. The third-order valence-electron chi connectivity index (χ3n) is 5.70. The van der Waals surface area contributed by atoms with Crippen molar-refractivity contribution in [2.75, 3.05) is 14.2 Å². The molecule has 33 heavy (non-hydrogen) atoms. The zero-order valence-electron chi connectivity index (χ0n) is 18.2. The molecule has 1 aliphatic rings. The van der Waals surface area contributed by atoms with Crippen LogP contribution in [0.5, 0.6) is 16.7 Å². The van der Waals surface area contributed by atoms with E-state index in [1.54, 1.807) is 30.1 Å². The molecule has 0 aliphatic heterocycles. The summed E-state index contributed by atoms with van der Waals surface area (Å²) in [6.07, 6.45) is 6.88. The van der Waals surface area contributed by atoms with E-state index in [-0.39, 0.29) is 0 Å². The van der Waals surface area contributed by atoms with Crippen LogP contribution in [0, 0.1) is 5.92 Å². The quantitative estimate of drug-likeness (QED) is 0.270. The first-order valence-corrected chi connectivity index (χ1v) is 12.5. The van der Waals surface area contributed by atoms with Crippen LogP contribution >= 0.6 is 22.7 Å². The molecule has 1 aliphatic carbocycles. The molecule has 0 atom stereocenters. The molecule has 0 saturated heterocycles. The summed E-state index contributed by atoms with van der Waals surface area (Å²) in [4.78, 5) is 10.1. The van der Waals surface area contributed by atoms with Crippen LogP contribution in [0.25, 0.3) is 27.4 Å².